The Bertz CT molecular complexity index is 438. The molecule has 78 valence electrons. The first-order chi connectivity index (χ1) is 6.45. The quantitative estimate of drug-likeness (QED) is 0.829. The zero-order valence-corrected chi connectivity index (χ0v) is 9.67. The van der Waals surface area contributed by atoms with E-state index in [0.717, 1.165) is 11.3 Å². The van der Waals surface area contributed by atoms with E-state index in [2.05, 4.69) is 5.32 Å². The van der Waals surface area contributed by atoms with E-state index in [4.69, 9.17) is 10.7 Å². The Morgan fingerprint density at radius 3 is 2.64 bits per heavy atom. The number of halogens is 1. The fraction of sp³-hybridized carbons (Fsp3) is 0.286. The zero-order valence-electron chi connectivity index (χ0n) is 7.28. The zero-order chi connectivity index (χ0) is 10.8. The third-order valence-electron chi connectivity index (χ3n) is 1.38. The van der Waals surface area contributed by atoms with Gasteiger partial charge in [-0.05, 0) is 19.1 Å². The first-order valence-electron chi connectivity index (χ1n) is 3.78. The average molecular weight is 254 g/mol. The molecule has 14 heavy (non-hydrogen) atoms. The molecule has 1 N–H and O–H groups in total. The number of hydrogen-bond acceptors (Lipinski definition) is 4. The van der Waals surface area contributed by atoms with Crippen molar-refractivity contribution < 1.29 is 13.2 Å². The fourth-order valence-electron chi connectivity index (χ4n) is 0.821. The van der Waals surface area contributed by atoms with Gasteiger partial charge in [0.05, 0.1) is 4.88 Å². The molecule has 1 aromatic heterocycles. The Morgan fingerprint density at radius 2 is 2.21 bits per heavy atom. The van der Waals surface area contributed by atoms with E-state index in [-0.39, 0.29) is 10.1 Å². The first-order valence-corrected chi connectivity index (χ1v) is 6.90. The summed E-state index contributed by atoms with van der Waals surface area (Å²) in [6, 6.07) is 2.75. The molecule has 0 fully saturated rings. The SMILES string of the molecule is CCNC(=O)c1ccc(S(=O)(=O)Cl)s1. The van der Waals surface area contributed by atoms with Crippen LogP contribution >= 0.6 is 22.0 Å². The highest BCUT2D eigenvalue weighted by Crippen LogP contribution is 2.24. The smallest absolute Gasteiger partial charge is 0.270 e. The van der Waals surface area contributed by atoms with Gasteiger partial charge in [0, 0.05) is 17.2 Å². The van der Waals surface area contributed by atoms with Gasteiger partial charge in [-0.1, -0.05) is 0 Å². The van der Waals surface area contributed by atoms with Gasteiger partial charge in [0.1, 0.15) is 4.21 Å². The number of carbonyl (C=O) groups excluding carboxylic acids is 1. The maximum atomic E-state index is 11.2. The third-order valence-corrected chi connectivity index (χ3v) is 4.56. The van der Waals surface area contributed by atoms with Crippen LogP contribution in [-0.4, -0.2) is 20.9 Å². The second kappa shape index (κ2) is 4.29. The molecule has 0 aromatic carbocycles. The largest absolute Gasteiger partial charge is 0.352 e. The van der Waals surface area contributed by atoms with Crippen molar-refractivity contribution in [2.24, 2.45) is 0 Å². The van der Waals surface area contributed by atoms with Crippen LogP contribution in [0, 0.1) is 0 Å². The minimum Gasteiger partial charge on any atom is -0.352 e. The van der Waals surface area contributed by atoms with Gasteiger partial charge in [-0.2, -0.15) is 0 Å². The van der Waals surface area contributed by atoms with E-state index in [1.807, 2.05) is 0 Å². The molecular weight excluding hydrogens is 246 g/mol. The summed E-state index contributed by atoms with van der Waals surface area (Å²) in [4.78, 5) is 11.6. The van der Waals surface area contributed by atoms with Crippen LogP contribution in [0.1, 0.15) is 16.6 Å². The number of nitrogens with one attached hydrogen (secondary N) is 1. The number of carbonyl (C=O) groups is 1. The van der Waals surface area contributed by atoms with Crippen LogP contribution in [0.5, 0.6) is 0 Å². The molecular formula is C7H8ClNO3S2. The molecule has 1 rings (SSSR count). The van der Waals surface area contributed by atoms with Gasteiger partial charge in [0.25, 0.3) is 15.0 Å². The Kier molecular flexibility index (Phi) is 3.52. The highest BCUT2D eigenvalue weighted by molar-refractivity contribution is 8.15. The van der Waals surface area contributed by atoms with Gasteiger partial charge >= 0.3 is 0 Å². The molecule has 0 unspecified atom stereocenters. The highest BCUT2D eigenvalue weighted by Gasteiger charge is 2.15. The summed E-state index contributed by atoms with van der Waals surface area (Å²) in [5.74, 6) is -0.288. The predicted molar refractivity (Wildman–Crippen MR) is 55.4 cm³/mol. The topological polar surface area (TPSA) is 63.2 Å². The van der Waals surface area contributed by atoms with Gasteiger partial charge in [0.2, 0.25) is 0 Å². The van der Waals surface area contributed by atoms with E-state index in [1.165, 1.54) is 12.1 Å². The van der Waals surface area contributed by atoms with Gasteiger partial charge in [-0.25, -0.2) is 8.42 Å². The van der Waals surface area contributed by atoms with Crippen LogP contribution in [0.2, 0.25) is 0 Å². The summed E-state index contributed by atoms with van der Waals surface area (Å²) < 4.78 is 21.7. The van der Waals surface area contributed by atoms with Gasteiger partial charge < -0.3 is 5.32 Å². The lowest BCUT2D eigenvalue weighted by Gasteiger charge is -1.96. The Morgan fingerprint density at radius 1 is 1.57 bits per heavy atom. The molecule has 1 amide bonds. The van der Waals surface area contributed by atoms with Crippen molar-refractivity contribution in [3.63, 3.8) is 0 Å². The van der Waals surface area contributed by atoms with Gasteiger partial charge in [-0.15, -0.1) is 11.3 Å². The summed E-state index contributed by atoms with van der Waals surface area (Å²) in [5.41, 5.74) is 0. The molecule has 0 spiro atoms. The van der Waals surface area contributed by atoms with Crippen LogP contribution in [0.3, 0.4) is 0 Å². The monoisotopic (exact) mass is 253 g/mol. The van der Waals surface area contributed by atoms with E-state index in [9.17, 15) is 13.2 Å². The molecule has 0 bridgehead atoms. The van der Waals surface area contributed by atoms with Crippen molar-refractivity contribution in [1.29, 1.82) is 0 Å². The standard InChI is InChI=1S/C7H8ClNO3S2/c1-2-9-7(10)5-3-4-6(13-5)14(8,11)12/h3-4H,2H2,1H3,(H,9,10). The molecule has 1 aromatic rings. The summed E-state index contributed by atoms with van der Waals surface area (Å²) in [5, 5.41) is 2.56. The molecule has 1 heterocycles. The number of hydrogen-bond donors (Lipinski definition) is 1. The van der Waals surface area contributed by atoms with Crippen LogP contribution in [0.25, 0.3) is 0 Å². The lowest BCUT2D eigenvalue weighted by Crippen LogP contribution is -2.21. The number of rotatable bonds is 3. The molecule has 0 saturated heterocycles. The minimum absolute atomic E-state index is 0.0135. The maximum absolute atomic E-state index is 11.2. The summed E-state index contributed by atoms with van der Waals surface area (Å²) >= 11 is 0.856. The van der Waals surface area contributed by atoms with Crippen molar-refractivity contribution >= 4 is 37.0 Å². The third kappa shape index (κ3) is 2.70. The second-order valence-corrected chi connectivity index (χ2v) is 6.29. The number of amides is 1. The maximum Gasteiger partial charge on any atom is 0.270 e. The second-order valence-electron chi connectivity index (χ2n) is 2.42. The summed E-state index contributed by atoms with van der Waals surface area (Å²) in [6.07, 6.45) is 0. The van der Waals surface area contributed by atoms with Crippen molar-refractivity contribution in [1.82, 2.24) is 5.32 Å². The molecule has 4 nitrogen and oxygen atoms in total. The van der Waals surface area contributed by atoms with Crippen LogP contribution < -0.4 is 5.32 Å². The van der Waals surface area contributed by atoms with Crippen LogP contribution in [0.4, 0.5) is 0 Å². The van der Waals surface area contributed by atoms with Gasteiger partial charge in [-0.3, -0.25) is 4.79 Å². The Labute approximate surface area is 90.3 Å². The molecule has 0 aliphatic heterocycles. The van der Waals surface area contributed by atoms with Crippen molar-refractivity contribution in [2.75, 3.05) is 6.54 Å². The summed E-state index contributed by atoms with van der Waals surface area (Å²) in [6.45, 7) is 2.28. The van der Waals surface area contributed by atoms with Crippen molar-refractivity contribution in [3.05, 3.63) is 17.0 Å². The molecule has 0 aliphatic rings. The van der Waals surface area contributed by atoms with E-state index in [0.29, 0.717) is 11.4 Å². The summed E-state index contributed by atoms with van der Waals surface area (Å²) in [7, 11) is 1.38. The Balaban J connectivity index is 2.94. The Hall–Kier alpha value is -0.590. The van der Waals surface area contributed by atoms with Gasteiger partial charge in [0.15, 0.2) is 0 Å². The molecule has 0 saturated carbocycles. The molecule has 0 aliphatic carbocycles. The minimum atomic E-state index is -3.72. The average Bonchev–Trinajstić information content (AvgIpc) is 2.51. The van der Waals surface area contributed by atoms with Crippen LogP contribution in [-0.2, 0) is 9.05 Å². The van der Waals surface area contributed by atoms with Crippen molar-refractivity contribution in [2.45, 2.75) is 11.1 Å². The highest BCUT2D eigenvalue weighted by atomic mass is 35.7. The molecule has 7 heteroatoms. The van der Waals surface area contributed by atoms with Crippen molar-refractivity contribution in [3.8, 4) is 0 Å². The molecule has 0 radical (unpaired) electrons. The molecule has 0 atom stereocenters. The lowest BCUT2D eigenvalue weighted by atomic mass is 10.4. The van der Waals surface area contributed by atoms with Crippen LogP contribution in [0.15, 0.2) is 16.3 Å². The fourth-order valence-corrected chi connectivity index (χ4v) is 2.81. The van der Waals surface area contributed by atoms with E-state index < -0.39 is 9.05 Å². The predicted octanol–water partition coefficient (Wildman–Crippen LogP) is 1.43. The van der Waals surface area contributed by atoms with E-state index in [1.54, 1.807) is 6.92 Å². The van der Waals surface area contributed by atoms with E-state index >= 15 is 0 Å². The number of thiophene rings is 1. The lowest BCUT2D eigenvalue weighted by molar-refractivity contribution is 0.0960. The first kappa shape index (κ1) is 11.5. The normalized spacial score (nSPS) is 11.3.